The number of thioether (sulfide) groups is 1. The number of ketones is 1. The molecule has 7 nitrogen and oxygen atoms in total. The van der Waals surface area contributed by atoms with Crippen LogP contribution in [0.4, 0.5) is 9.18 Å². The van der Waals surface area contributed by atoms with Crippen molar-refractivity contribution in [3.8, 4) is 0 Å². The number of amides is 1. The Labute approximate surface area is 215 Å². The van der Waals surface area contributed by atoms with Crippen LogP contribution in [0.25, 0.3) is 0 Å². The van der Waals surface area contributed by atoms with Crippen LogP contribution >= 0.6 is 11.8 Å². The van der Waals surface area contributed by atoms with Gasteiger partial charge in [0.15, 0.2) is 17.1 Å². The first-order valence-corrected chi connectivity index (χ1v) is 13.5. The van der Waals surface area contributed by atoms with E-state index in [0.29, 0.717) is 36.6 Å². The van der Waals surface area contributed by atoms with Crippen molar-refractivity contribution >= 4 is 33.9 Å². The first kappa shape index (κ1) is 27.0. The number of fused-ring (bicyclic) bond motifs is 5. The number of nitrogens with zero attached hydrogens (tertiary/aromatic N) is 1. The molecule has 36 heavy (non-hydrogen) atoms. The Morgan fingerprint density at radius 3 is 2.53 bits per heavy atom. The Kier molecular flexibility index (Phi) is 6.60. The summed E-state index contributed by atoms with van der Waals surface area (Å²) in [6.45, 7) is 6.98. The van der Waals surface area contributed by atoms with Crippen LogP contribution < -0.4 is 0 Å². The largest absolute Gasteiger partial charge is 0.449 e. The van der Waals surface area contributed by atoms with Crippen molar-refractivity contribution in [3.63, 3.8) is 0 Å². The normalized spacial score (nSPS) is 43.1. The fourth-order valence-electron chi connectivity index (χ4n) is 7.72. The van der Waals surface area contributed by atoms with Gasteiger partial charge >= 0.3 is 5.97 Å². The highest BCUT2D eigenvalue weighted by molar-refractivity contribution is 8.26. The summed E-state index contributed by atoms with van der Waals surface area (Å²) >= 11 is 0.499. The molecule has 3 fully saturated rings. The van der Waals surface area contributed by atoms with Gasteiger partial charge in [0.25, 0.3) is 5.24 Å². The highest BCUT2D eigenvalue weighted by Crippen LogP contribution is 2.71. The number of rotatable bonds is 3. The molecular weight excluding hydrogens is 485 g/mol. The van der Waals surface area contributed by atoms with Gasteiger partial charge in [-0.2, -0.15) is 0 Å². The Bertz CT molecular complexity index is 1070. The minimum atomic E-state index is -2.06. The molecular formula is C27H36FNO6S. The quantitative estimate of drug-likeness (QED) is 0.555. The van der Waals surface area contributed by atoms with Gasteiger partial charge in [0, 0.05) is 54.9 Å². The average molecular weight is 522 g/mol. The van der Waals surface area contributed by atoms with Gasteiger partial charge < -0.3 is 14.7 Å². The second-order valence-corrected chi connectivity index (χ2v) is 12.4. The van der Waals surface area contributed by atoms with E-state index in [-0.39, 0.29) is 24.5 Å². The van der Waals surface area contributed by atoms with Crippen LogP contribution in [0, 0.1) is 28.6 Å². The molecule has 0 spiro atoms. The molecule has 1 amide bonds. The predicted molar refractivity (Wildman–Crippen MR) is 134 cm³/mol. The maximum absolute atomic E-state index is 17.4. The van der Waals surface area contributed by atoms with E-state index < -0.39 is 56.4 Å². The molecule has 4 aliphatic carbocycles. The summed E-state index contributed by atoms with van der Waals surface area (Å²) in [6, 6.07) is 0. The van der Waals surface area contributed by atoms with Crippen molar-refractivity contribution < 1.29 is 33.4 Å². The molecule has 0 saturated heterocycles. The van der Waals surface area contributed by atoms with Crippen molar-refractivity contribution in [2.24, 2.45) is 28.6 Å². The number of alkyl halides is 1. The molecule has 0 aromatic heterocycles. The Morgan fingerprint density at radius 2 is 1.92 bits per heavy atom. The number of esters is 1. The highest BCUT2D eigenvalue weighted by atomic mass is 32.2. The molecule has 4 aliphatic rings. The van der Waals surface area contributed by atoms with Crippen LogP contribution in [-0.2, 0) is 19.1 Å². The summed E-state index contributed by atoms with van der Waals surface area (Å²) in [5.74, 6) is -2.25. The number of halogens is 1. The summed E-state index contributed by atoms with van der Waals surface area (Å²) in [6.07, 6.45) is 4.21. The Hall–Kier alpha value is -2.00. The fourth-order valence-corrected chi connectivity index (χ4v) is 8.69. The Balaban J connectivity index is 1.83. The lowest BCUT2D eigenvalue weighted by Crippen LogP contribution is -2.69. The lowest BCUT2D eigenvalue weighted by molar-refractivity contribution is -0.225. The SMILES string of the molecule is CCC(=O)O[C@]1(C(=O)SC(=O)N(C)C)[C@H](C)C[C@H]2[C@@H]3CCC4=CC(=O)C=C[C@]4(C)[C@@]3(F)[C@@H](O)C[C@@]21C. The van der Waals surface area contributed by atoms with E-state index in [4.69, 9.17) is 4.74 Å². The molecule has 0 aromatic carbocycles. The van der Waals surface area contributed by atoms with Gasteiger partial charge in [-0.05, 0) is 50.7 Å². The van der Waals surface area contributed by atoms with Crippen LogP contribution in [0.3, 0.4) is 0 Å². The molecule has 198 valence electrons. The predicted octanol–water partition coefficient (Wildman–Crippen LogP) is 4.24. The molecule has 0 heterocycles. The summed E-state index contributed by atoms with van der Waals surface area (Å²) in [5, 5.41) is 10.5. The topological polar surface area (TPSA) is 101 Å². The zero-order valence-electron chi connectivity index (χ0n) is 21.8. The minimum absolute atomic E-state index is 0.0405. The van der Waals surface area contributed by atoms with Crippen molar-refractivity contribution in [3.05, 3.63) is 23.8 Å². The summed E-state index contributed by atoms with van der Waals surface area (Å²) in [5.41, 5.74) is -5.30. The van der Waals surface area contributed by atoms with Gasteiger partial charge in [-0.15, -0.1) is 0 Å². The number of aliphatic hydroxyl groups is 1. The van der Waals surface area contributed by atoms with Crippen LogP contribution in [0.2, 0.25) is 0 Å². The van der Waals surface area contributed by atoms with Crippen LogP contribution in [0.1, 0.15) is 59.8 Å². The monoisotopic (exact) mass is 521 g/mol. The summed E-state index contributed by atoms with van der Waals surface area (Å²) < 4.78 is 23.4. The van der Waals surface area contributed by atoms with Crippen molar-refractivity contribution in [1.82, 2.24) is 4.90 Å². The first-order valence-electron chi connectivity index (χ1n) is 12.7. The summed E-state index contributed by atoms with van der Waals surface area (Å²) in [4.78, 5) is 52.4. The van der Waals surface area contributed by atoms with E-state index >= 15 is 4.39 Å². The van der Waals surface area contributed by atoms with Crippen molar-refractivity contribution in [2.75, 3.05) is 14.1 Å². The first-order chi connectivity index (χ1) is 16.7. The van der Waals surface area contributed by atoms with Crippen molar-refractivity contribution in [1.29, 1.82) is 0 Å². The second kappa shape index (κ2) is 8.79. The van der Waals surface area contributed by atoms with E-state index in [0.717, 1.165) is 0 Å². The molecule has 1 N–H and O–H groups in total. The maximum atomic E-state index is 17.4. The highest BCUT2D eigenvalue weighted by Gasteiger charge is 2.77. The van der Waals surface area contributed by atoms with Crippen LogP contribution in [0.5, 0.6) is 0 Å². The van der Waals surface area contributed by atoms with E-state index in [1.807, 2.05) is 6.92 Å². The standard InChI is InChI=1S/C27H36FNO6S/c1-7-21(32)35-27(22(33)36-23(34)29(5)6)15(2)12-19-18-9-8-16-13-17(30)10-11-24(16,3)26(18,28)20(31)14-25(19,27)4/h10-11,13,15,18-20,31H,7-9,12,14H2,1-6H3/t15-,18+,19+,20+,24+,25+,26+,27+/m1/s1. The van der Waals surface area contributed by atoms with Gasteiger partial charge in [0.2, 0.25) is 5.12 Å². The van der Waals surface area contributed by atoms with Crippen LogP contribution in [-0.4, -0.2) is 63.6 Å². The molecule has 0 aliphatic heterocycles. The van der Waals surface area contributed by atoms with Crippen molar-refractivity contribution in [2.45, 2.75) is 77.2 Å². The third kappa shape index (κ3) is 3.41. The molecule has 0 radical (unpaired) electrons. The molecule has 9 heteroatoms. The zero-order chi connectivity index (χ0) is 26.8. The van der Waals surface area contributed by atoms with E-state index in [1.165, 1.54) is 31.1 Å². The molecule has 0 unspecified atom stereocenters. The third-order valence-corrected chi connectivity index (χ3v) is 10.6. The molecule has 0 bridgehead atoms. The maximum Gasteiger partial charge on any atom is 0.306 e. The van der Waals surface area contributed by atoms with Gasteiger partial charge in [-0.3, -0.25) is 19.2 Å². The van der Waals surface area contributed by atoms with Gasteiger partial charge in [-0.25, -0.2) is 4.39 Å². The number of hydrogen-bond donors (Lipinski definition) is 1. The zero-order valence-corrected chi connectivity index (χ0v) is 22.6. The van der Waals surface area contributed by atoms with Gasteiger partial charge in [0.1, 0.15) is 0 Å². The van der Waals surface area contributed by atoms with E-state index in [9.17, 15) is 24.3 Å². The minimum Gasteiger partial charge on any atom is -0.449 e. The lowest BCUT2D eigenvalue weighted by Gasteiger charge is -2.62. The lowest BCUT2D eigenvalue weighted by atomic mass is 9.45. The average Bonchev–Trinajstić information content (AvgIpc) is 3.02. The van der Waals surface area contributed by atoms with Gasteiger partial charge in [0.05, 0.1) is 6.10 Å². The van der Waals surface area contributed by atoms with E-state index in [1.54, 1.807) is 26.8 Å². The van der Waals surface area contributed by atoms with Crippen LogP contribution in [0.15, 0.2) is 23.8 Å². The molecule has 8 atom stereocenters. The van der Waals surface area contributed by atoms with Gasteiger partial charge in [-0.1, -0.05) is 32.4 Å². The van der Waals surface area contributed by atoms with E-state index in [2.05, 4.69) is 0 Å². The molecule has 0 aromatic rings. The number of allylic oxidation sites excluding steroid dienone is 4. The Morgan fingerprint density at radius 1 is 1.25 bits per heavy atom. The molecule has 3 saturated carbocycles. The fraction of sp³-hybridized carbons (Fsp3) is 0.704. The third-order valence-electron chi connectivity index (χ3n) is 9.59. The number of carbonyl (C=O) groups is 4. The smallest absolute Gasteiger partial charge is 0.306 e. The summed E-state index contributed by atoms with van der Waals surface area (Å²) in [7, 11) is 3.07. The number of hydrogen-bond acceptors (Lipinski definition) is 7. The number of carbonyl (C=O) groups excluding carboxylic acids is 4. The number of aliphatic hydroxyl groups excluding tert-OH is 1. The number of ether oxygens (including phenoxy) is 1. The molecule has 4 rings (SSSR count). The second-order valence-electron chi connectivity index (χ2n) is 11.5.